The monoisotopic (exact) mass is 296 g/mol. The van der Waals surface area contributed by atoms with E-state index < -0.39 is 0 Å². The Hall–Kier alpha value is -1.50. The highest BCUT2D eigenvalue weighted by atomic mass is 35.5. The quantitative estimate of drug-likeness (QED) is 0.878. The molecule has 19 heavy (non-hydrogen) atoms. The fourth-order valence-electron chi connectivity index (χ4n) is 1.46. The summed E-state index contributed by atoms with van der Waals surface area (Å²) in [6.45, 7) is 0.806. The predicted octanol–water partition coefficient (Wildman–Crippen LogP) is 1.62. The molecule has 0 aliphatic carbocycles. The number of carbonyl (C=O) groups excluding carboxylic acids is 1. The Kier molecular flexibility index (Phi) is 4.84. The van der Waals surface area contributed by atoms with E-state index in [1.54, 1.807) is 23.7 Å². The third-order valence-electron chi connectivity index (χ3n) is 2.39. The minimum absolute atomic E-state index is 0.235. The van der Waals surface area contributed by atoms with E-state index in [0.29, 0.717) is 29.4 Å². The zero-order valence-electron chi connectivity index (χ0n) is 10.1. The van der Waals surface area contributed by atoms with Crippen LogP contribution in [0.25, 0.3) is 0 Å². The Labute approximate surface area is 119 Å². The Bertz CT molecular complexity index is 572. The summed E-state index contributed by atoms with van der Waals surface area (Å²) in [5, 5.41) is 5.86. The number of pyridine rings is 1. The second-order valence-electron chi connectivity index (χ2n) is 3.78. The minimum atomic E-state index is -0.235. The average Bonchev–Trinajstić information content (AvgIpc) is 2.87. The van der Waals surface area contributed by atoms with Gasteiger partial charge in [0.25, 0.3) is 5.91 Å². The standard InChI is InChI=1S/C12H13ClN4OS/c13-8-2-1-5-15-9(8)6-16-12(18)10-7-19-11(17-10)3-4-14/h1-2,5,7H,3-4,6,14H2,(H,16,18). The third kappa shape index (κ3) is 3.73. The van der Waals surface area contributed by atoms with Crippen molar-refractivity contribution in [2.24, 2.45) is 5.73 Å². The Morgan fingerprint density at radius 2 is 2.37 bits per heavy atom. The molecule has 2 rings (SSSR count). The van der Waals surface area contributed by atoms with Gasteiger partial charge in [0, 0.05) is 18.0 Å². The van der Waals surface area contributed by atoms with Gasteiger partial charge in [-0.2, -0.15) is 0 Å². The van der Waals surface area contributed by atoms with Crippen molar-refractivity contribution in [2.45, 2.75) is 13.0 Å². The molecule has 0 saturated heterocycles. The largest absolute Gasteiger partial charge is 0.345 e. The van der Waals surface area contributed by atoms with E-state index in [2.05, 4.69) is 15.3 Å². The number of amides is 1. The van der Waals surface area contributed by atoms with Crippen LogP contribution >= 0.6 is 22.9 Å². The van der Waals surface area contributed by atoms with Crippen LogP contribution in [-0.2, 0) is 13.0 Å². The molecule has 0 saturated carbocycles. The van der Waals surface area contributed by atoms with Crippen LogP contribution in [0.1, 0.15) is 21.2 Å². The van der Waals surface area contributed by atoms with E-state index in [9.17, 15) is 4.79 Å². The minimum Gasteiger partial charge on any atom is -0.345 e. The summed E-state index contributed by atoms with van der Waals surface area (Å²) in [4.78, 5) is 20.2. The van der Waals surface area contributed by atoms with Gasteiger partial charge in [-0.1, -0.05) is 11.6 Å². The van der Waals surface area contributed by atoms with Gasteiger partial charge in [-0.3, -0.25) is 9.78 Å². The molecule has 100 valence electrons. The van der Waals surface area contributed by atoms with Crippen LogP contribution in [0.3, 0.4) is 0 Å². The number of carbonyl (C=O) groups is 1. The van der Waals surface area contributed by atoms with Crippen LogP contribution in [0.5, 0.6) is 0 Å². The van der Waals surface area contributed by atoms with Gasteiger partial charge in [0.2, 0.25) is 0 Å². The topological polar surface area (TPSA) is 80.9 Å². The number of rotatable bonds is 5. The summed E-state index contributed by atoms with van der Waals surface area (Å²) in [6, 6.07) is 3.48. The van der Waals surface area contributed by atoms with Crippen molar-refractivity contribution in [1.29, 1.82) is 0 Å². The number of hydrogen-bond acceptors (Lipinski definition) is 5. The molecule has 0 atom stereocenters. The molecule has 0 unspecified atom stereocenters. The number of nitrogens with one attached hydrogen (secondary N) is 1. The van der Waals surface area contributed by atoms with Crippen molar-refractivity contribution in [3.63, 3.8) is 0 Å². The first kappa shape index (κ1) is 13.9. The van der Waals surface area contributed by atoms with Crippen molar-refractivity contribution in [2.75, 3.05) is 6.54 Å². The summed E-state index contributed by atoms with van der Waals surface area (Å²) < 4.78 is 0. The highest BCUT2D eigenvalue weighted by Crippen LogP contribution is 2.13. The lowest BCUT2D eigenvalue weighted by atomic mass is 10.3. The molecule has 0 aliphatic heterocycles. The lowest BCUT2D eigenvalue weighted by Gasteiger charge is -2.04. The van der Waals surface area contributed by atoms with E-state index in [-0.39, 0.29) is 12.5 Å². The third-order valence-corrected chi connectivity index (χ3v) is 3.65. The average molecular weight is 297 g/mol. The second kappa shape index (κ2) is 6.60. The van der Waals surface area contributed by atoms with Crippen LogP contribution < -0.4 is 11.1 Å². The maximum Gasteiger partial charge on any atom is 0.271 e. The van der Waals surface area contributed by atoms with E-state index in [0.717, 1.165) is 5.01 Å². The van der Waals surface area contributed by atoms with Crippen molar-refractivity contribution >= 4 is 28.8 Å². The van der Waals surface area contributed by atoms with Gasteiger partial charge in [-0.05, 0) is 18.7 Å². The zero-order valence-corrected chi connectivity index (χ0v) is 11.7. The molecule has 0 fully saturated rings. The van der Waals surface area contributed by atoms with Gasteiger partial charge in [-0.25, -0.2) is 4.98 Å². The molecule has 7 heteroatoms. The molecule has 2 heterocycles. The summed E-state index contributed by atoms with van der Waals surface area (Å²) in [6.07, 6.45) is 2.32. The SMILES string of the molecule is NCCc1nc(C(=O)NCc2ncccc2Cl)cs1. The Morgan fingerprint density at radius 3 is 3.11 bits per heavy atom. The lowest BCUT2D eigenvalue weighted by Crippen LogP contribution is -2.23. The van der Waals surface area contributed by atoms with E-state index in [1.165, 1.54) is 11.3 Å². The summed E-state index contributed by atoms with van der Waals surface area (Å²) >= 11 is 7.39. The number of halogens is 1. The highest BCUT2D eigenvalue weighted by Gasteiger charge is 2.11. The second-order valence-corrected chi connectivity index (χ2v) is 5.13. The fourth-order valence-corrected chi connectivity index (χ4v) is 2.44. The predicted molar refractivity (Wildman–Crippen MR) is 75.3 cm³/mol. The first-order valence-corrected chi connectivity index (χ1v) is 6.98. The van der Waals surface area contributed by atoms with Crippen LogP contribution in [0.2, 0.25) is 5.02 Å². The summed E-state index contributed by atoms with van der Waals surface area (Å²) in [5.41, 5.74) is 6.48. The number of aromatic nitrogens is 2. The normalized spacial score (nSPS) is 10.4. The van der Waals surface area contributed by atoms with Crippen LogP contribution in [0.4, 0.5) is 0 Å². The molecule has 0 aromatic carbocycles. The lowest BCUT2D eigenvalue weighted by molar-refractivity contribution is 0.0946. The highest BCUT2D eigenvalue weighted by molar-refractivity contribution is 7.09. The summed E-state index contributed by atoms with van der Waals surface area (Å²) in [7, 11) is 0. The number of nitrogens with two attached hydrogens (primary N) is 1. The van der Waals surface area contributed by atoms with E-state index >= 15 is 0 Å². The van der Waals surface area contributed by atoms with Gasteiger partial charge in [0.05, 0.1) is 22.3 Å². The molecule has 0 bridgehead atoms. The van der Waals surface area contributed by atoms with Crippen molar-refractivity contribution in [3.05, 3.63) is 45.1 Å². The molecule has 2 aromatic rings. The molecule has 0 spiro atoms. The van der Waals surface area contributed by atoms with Crippen LogP contribution in [-0.4, -0.2) is 22.4 Å². The number of nitrogens with zero attached hydrogens (tertiary/aromatic N) is 2. The first-order valence-electron chi connectivity index (χ1n) is 5.72. The van der Waals surface area contributed by atoms with Crippen molar-refractivity contribution in [1.82, 2.24) is 15.3 Å². The molecular weight excluding hydrogens is 284 g/mol. The van der Waals surface area contributed by atoms with Gasteiger partial charge < -0.3 is 11.1 Å². The van der Waals surface area contributed by atoms with E-state index in [1.807, 2.05) is 0 Å². The molecule has 3 N–H and O–H groups in total. The van der Waals surface area contributed by atoms with Gasteiger partial charge in [-0.15, -0.1) is 11.3 Å². The Morgan fingerprint density at radius 1 is 1.53 bits per heavy atom. The number of thiazole rings is 1. The van der Waals surface area contributed by atoms with Crippen molar-refractivity contribution < 1.29 is 4.79 Å². The smallest absolute Gasteiger partial charge is 0.271 e. The summed E-state index contributed by atoms with van der Waals surface area (Å²) in [5.74, 6) is -0.235. The Balaban J connectivity index is 1.95. The first-order chi connectivity index (χ1) is 9.20. The maximum atomic E-state index is 11.9. The van der Waals surface area contributed by atoms with Gasteiger partial charge in [0.1, 0.15) is 5.69 Å². The maximum absolute atomic E-state index is 11.9. The molecular formula is C12H13ClN4OS. The van der Waals surface area contributed by atoms with Crippen LogP contribution in [0, 0.1) is 0 Å². The molecule has 0 aliphatic rings. The molecule has 2 aromatic heterocycles. The molecule has 5 nitrogen and oxygen atoms in total. The van der Waals surface area contributed by atoms with E-state index in [4.69, 9.17) is 17.3 Å². The zero-order chi connectivity index (χ0) is 13.7. The number of hydrogen-bond donors (Lipinski definition) is 2. The molecule has 1 amide bonds. The molecule has 0 radical (unpaired) electrons. The fraction of sp³-hybridized carbons (Fsp3) is 0.250. The van der Waals surface area contributed by atoms with Gasteiger partial charge in [0.15, 0.2) is 0 Å². The van der Waals surface area contributed by atoms with Gasteiger partial charge >= 0.3 is 0 Å². The van der Waals surface area contributed by atoms with Crippen molar-refractivity contribution in [3.8, 4) is 0 Å². The van der Waals surface area contributed by atoms with Crippen LogP contribution in [0.15, 0.2) is 23.7 Å².